The molecule has 0 unspecified atom stereocenters. The molecule has 0 heterocycles. The molecule has 388 valence electrons. The zero-order valence-corrected chi connectivity index (χ0v) is 37.2. The van der Waals surface area contributed by atoms with Crippen molar-refractivity contribution in [1.29, 1.82) is 0 Å². The first-order chi connectivity index (χ1) is 34.0. The Hall–Kier alpha value is -8.44. The summed E-state index contributed by atoms with van der Waals surface area (Å²) >= 11 is 0. The van der Waals surface area contributed by atoms with E-state index in [4.69, 9.17) is 30.8 Å². The highest BCUT2D eigenvalue weighted by Gasteiger charge is 2.72. The van der Waals surface area contributed by atoms with Crippen molar-refractivity contribution in [1.82, 2.24) is 0 Å². The smallest absolute Gasteiger partial charge is 0.459 e. The predicted octanol–water partition coefficient (Wildman–Crippen LogP) is 11.2. The fourth-order valence-electron chi connectivity index (χ4n) is 5.83. The summed E-state index contributed by atoms with van der Waals surface area (Å²) in [6.45, 7) is -0.264. The van der Waals surface area contributed by atoms with E-state index in [0.717, 1.165) is 42.5 Å². The SMILES string of the molecule is Nc1ccc(N)c(C/C(=C\c2ccc(OC(=O)c3ccc(OCCCC(F)(F)F)cc3F)cc2)C(=O)O)c1.O=C(O)C=Cc1ccc(OC(=O)c2ccc(OC(=O)CCC(F)(F)C(F)(F)C(F)(F)F)cc2)cc1. The number of carboxylic acid groups (broad SMARTS) is 2. The maximum absolute atomic E-state index is 14.4. The van der Waals surface area contributed by atoms with Crippen LogP contribution in [-0.4, -0.2) is 70.9 Å². The lowest BCUT2D eigenvalue weighted by molar-refractivity contribution is -0.355. The number of alkyl halides is 10. The molecule has 13 nitrogen and oxygen atoms in total. The first kappa shape index (κ1) is 57.1. The second-order valence-electron chi connectivity index (χ2n) is 15.2. The number of carbonyl (C=O) groups is 5. The monoisotopic (exact) mass is 1040 g/mol. The third-order valence-electron chi connectivity index (χ3n) is 9.58. The van der Waals surface area contributed by atoms with Gasteiger partial charge in [-0.1, -0.05) is 24.3 Å². The maximum Gasteiger partial charge on any atom is 0.459 e. The van der Waals surface area contributed by atoms with Gasteiger partial charge in [0.15, 0.2) is 0 Å². The van der Waals surface area contributed by atoms with Crippen molar-refractivity contribution in [3.63, 3.8) is 0 Å². The lowest BCUT2D eigenvalue weighted by Crippen LogP contribution is -2.52. The number of benzene rings is 5. The lowest BCUT2D eigenvalue weighted by Gasteiger charge is -2.27. The molecule has 5 rings (SSSR count). The molecule has 0 saturated heterocycles. The van der Waals surface area contributed by atoms with Crippen molar-refractivity contribution < 1.29 is 101 Å². The van der Waals surface area contributed by atoms with E-state index < -0.39 is 84.7 Å². The van der Waals surface area contributed by atoms with Crippen LogP contribution in [0.3, 0.4) is 0 Å². The van der Waals surface area contributed by atoms with Gasteiger partial charge in [-0.05, 0) is 114 Å². The number of nitrogens with two attached hydrogens (primary N) is 2. The average molecular weight is 1040 g/mol. The third kappa shape index (κ3) is 17.7. The quantitative estimate of drug-likeness (QED) is 0.0151. The Labute approximate surface area is 406 Å². The van der Waals surface area contributed by atoms with Crippen LogP contribution in [0.5, 0.6) is 23.0 Å². The molecule has 0 spiro atoms. The molecule has 0 atom stereocenters. The van der Waals surface area contributed by atoms with Crippen molar-refractivity contribution in [2.45, 2.75) is 56.3 Å². The molecule has 6 N–H and O–H groups in total. The van der Waals surface area contributed by atoms with E-state index in [0.29, 0.717) is 28.1 Å². The van der Waals surface area contributed by atoms with Crippen LogP contribution in [0.2, 0.25) is 0 Å². The number of hydrogen-bond acceptors (Lipinski definition) is 11. The number of esters is 3. The lowest BCUT2D eigenvalue weighted by atomic mass is 10.0. The Kier molecular flexibility index (Phi) is 19.3. The van der Waals surface area contributed by atoms with Crippen LogP contribution in [0.15, 0.2) is 121 Å². The Morgan fingerprint density at radius 1 is 0.616 bits per heavy atom. The molecule has 0 aliphatic rings. The van der Waals surface area contributed by atoms with Gasteiger partial charge in [-0.3, -0.25) is 4.79 Å². The van der Waals surface area contributed by atoms with Gasteiger partial charge in [-0.25, -0.2) is 23.6 Å². The van der Waals surface area contributed by atoms with Gasteiger partial charge in [0.1, 0.15) is 28.8 Å². The minimum atomic E-state index is -6.50. The Balaban J connectivity index is 0.000000318. The van der Waals surface area contributed by atoms with E-state index in [-0.39, 0.29) is 53.6 Å². The van der Waals surface area contributed by atoms with Gasteiger partial charge in [0.2, 0.25) is 0 Å². The van der Waals surface area contributed by atoms with Crippen LogP contribution in [0.25, 0.3) is 12.2 Å². The summed E-state index contributed by atoms with van der Waals surface area (Å²) in [4.78, 5) is 58.4. The molecule has 0 amide bonds. The van der Waals surface area contributed by atoms with Gasteiger partial charge in [0.25, 0.3) is 0 Å². The highest BCUT2D eigenvalue weighted by atomic mass is 19.4. The maximum atomic E-state index is 14.4. The van der Waals surface area contributed by atoms with Crippen LogP contribution in [-0.2, 0) is 20.8 Å². The molecule has 0 radical (unpaired) electrons. The molecule has 0 aliphatic carbocycles. The Morgan fingerprint density at radius 2 is 1.16 bits per heavy atom. The van der Waals surface area contributed by atoms with Crippen molar-refractivity contribution in [2.24, 2.45) is 0 Å². The number of rotatable bonds is 19. The van der Waals surface area contributed by atoms with Gasteiger partial charge < -0.3 is 40.6 Å². The number of carbonyl (C=O) groups excluding carboxylic acids is 3. The highest BCUT2D eigenvalue weighted by Crippen LogP contribution is 2.48. The Bertz CT molecular complexity index is 2810. The highest BCUT2D eigenvalue weighted by molar-refractivity contribution is 5.94. The normalized spacial score (nSPS) is 12.1. The zero-order valence-electron chi connectivity index (χ0n) is 37.2. The fraction of sp³-hybridized carbons (Fsp3) is 0.204. The van der Waals surface area contributed by atoms with Crippen LogP contribution < -0.4 is 30.4 Å². The number of carboxylic acids is 2. The molecule has 0 saturated carbocycles. The molecule has 73 heavy (non-hydrogen) atoms. The van der Waals surface area contributed by atoms with Gasteiger partial charge in [-0.15, -0.1) is 0 Å². The zero-order chi connectivity index (χ0) is 54.3. The molecule has 5 aromatic carbocycles. The van der Waals surface area contributed by atoms with Gasteiger partial charge >= 0.3 is 54.0 Å². The molecule has 24 heteroatoms. The number of ether oxygens (including phenoxy) is 4. The summed E-state index contributed by atoms with van der Waals surface area (Å²) in [6.07, 6.45) is -11.9. The summed E-state index contributed by atoms with van der Waals surface area (Å²) in [7, 11) is 0. The van der Waals surface area contributed by atoms with E-state index >= 15 is 0 Å². The average Bonchev–Trinajstić information content (AvgIpc) is 3.30. The molecular weight excluding hydrogens is 1000 g/mol. The van der Waals surface area contributed by atoms with E-state index in [9.17, 15) is 77.4 Å². The van der Waals surface area contributed by atoms with E-state index in [1.807, 2.05) is 0 Å². The van der Waals surface area contributed by atoms with Crippen molar-refractivity contribution in [3.05, 3.63) is 154 Å². The standard InChI is InChI=1S/C27H24F4N2O5.C22H15F7O6/c28-23-15-21(37-11-1-10-27(29,30)31)7-8-22(23)26(36)38-20-5-2-16(3-6-20)12-18(25(34)35)13-17-14-19(32)4-9-24(17)33;23-20(24,21(25,26)22(27,28)29)12-11-18(32)34-15-8-4-14(5-9-15)19(33)35-16-6-1-13(2-7-16)3-10-17(30)31/h2-9,12,14-15H,1,10-11,13,32-33H2,(H,34,35);1-10H,11-12H2,(H,30,31)/b18-12+;. The first-order valence-electron chi connectivity index (χ1n) is 20.8. The third-order valence-corrected chi connectivity index (χ3v) is 9.58. The van der Waals surface area contributed by atoms with Crippen LogP contribution >= 0.6 is 0 Å². The molecular formula is C49H39F11N2O11. The predicted molar refractivity (Wildman–Crippen MR) is 238 cm³/mol. The Morgan fingerprint density at radius 3 is 1.71 bits per heavy atom. The van der Waals surface area contributed by atoms with Crippen LogP contribution in [0, 0.1) is 5.82 Å². The molecule has 0 aromatic heterocycles. The first-order valence-corrected chi connectivity index (χ1v) is 20.8. The number of halogens is 11. The van der Waals surface area contributed by atoms with Gasteiger partial charge in [0, 0.05) is 48.4 Å². The summed E-state index contributed by atoms with van der Waals surface area (Å²) in [5.74, 6) is -18.5. The topological polar surface area (TPSA) is 215 Å². The number of nitrogen functional groups attached to an aromatic ring is 2. The van der Waals surface area contributed by atoms with Crippen molar-refractivity contribution in [3.8, 4) is 23.0 Å². The molecule has 0 bridgehead atoms. The summed E-state index contributed by atoms with van der Waals surface area (Å²) < 4.78 is 159. The minimum absolute atomic E-state index is 0.0217. The van der Waals surface area contributed by atoms with E-state index in [1.165, 1.54) is 66.7 Å². The summed E-state index contributed by atoms with van der Waals surface area (Å²) in [6, 6.07) is 24.0. The number of hydrogen-bond donors (Lipinski definition) is 4. The molecule has 0 aliphatic heterocycles. The van der Waals surface area contributed by atoms with E-state index in [2.05, 4.69) is 4.74 Å². The van der Waals surface area contributed by atoms with Gasteiger partial charge in [0.05, 0.1) is 24.2 Å². The largest absolute Gasteiger partial charge is 0.493 e. The summed E-state index contributed by atoms with van der Waals surface area (Å²) in [5, 5.41) is 18.2. The minimum Gasteiger partial charge on any atom is -0.493 e. The van der Waals surface area contributed by atoms with Crippen LogP contribution in [0.1, 0.15) is 63.1 Å². The van der Waals surface area contributed by atoms with Crippen LogP contribution in [0.4, 0.5) is 59.7 Å². The second kappa shape index (κ2) is 24.6. The fourth-order valence-corrected chi connectivity index (χ4v) is 5.83. The van der Waals surface area contributed by atoms with Crippen molar-refractivity contribution in [2.75, 3.05) is 18.1 Å². The van der Waals surface area contributed by atoms with Crippen molar-refractivity contribution >= 4 is 53.4 Å². The second-order valence-corrected chi connectivity index (χ2v) is 15.2. The summed E-state index contributed by atoms with van der Waals surface area (Å²) in [5.41, 5.74) is 13.7. The number of aliphatic carboxylic acids is 2. The number of anilines is 2. The van der Waals surface area contributed by atoms with Gasteiger partial charge in [-0.2, -0.15) is 43.9 Å². The molecule has 0 fully saturated rings. The van der Waals surface area contributed by atoms with E-state index in [1.54, 1.807) is 18.2 Å². The molecule has 5 aromatic rings.